The lowest BCUT2D eigenvalue weighted by Gasteiger charge is -2.20. The van der Waals surface area contributed by atoms with Crippen LogP contribution >= 0.6 is 0 Å². The number of primary amides is 1. The molecule has 1 amide bonds. The fourth-order valence-electron chi connectivity index (χ4n) is 2.11. The highest BCUT2D eigenvalue weighted by Crippen LogP contribution is 2.29. The molecular weight excluding hydrogens is 190 g/mol. The molecule has 1 aliphatic rings. The second-order valence-corrected chi connectivity index (χ2v) is 4.80. The van der Waals surface area contributed by atoms with E-state index in [2.05, 4.69) is 4.90 Å². The molecule has 88 valence electrons. The van der Waals surface area contributed by atoms with Crippen molar-refractivity contribution in [3.8, 4) is 0 Å². The van der Waals surface area contributed by atoms with Crippen molar-refractivity contribution >= 4 is 5.91 Å². The van der Waals surface area contributed by atoms with Gasteiger partial charge in [-0.1, -0.05) is 6.42 Å². The van der Waals surface area contributed by atoms with E-state index in [4.69, 9.17) is 11.5 Å². The van der Waals surface area contributed by atoms with Crippen molar-refractivity contribution < 1.29 is 4.79 Å². The summed E-state index contributed by atoms with van der Waals surface area (Å²) in [7, 11) is 0. The standard InChI is InChI=1S/C11H23N3O/c1-11(10(13)15)5-8-14(9-11)7-4-2-3-6-12/h2-9,12H2,1H3,(H2,13,15). The van der Waals surface area contributed by atoms with E-state index in [1.165, 1.54) is 12.8 Å². The van der Waals surface area contributed by atoms with Crippen LogP contribution in [0.2, 0.25) is 0 Å². The molecule has 1 fully saturated rings. The molecule has 0 aliphatic carbocycles. The second kappa shape index (κ2) is 5.47. The number of nitrogens with two attached hydrogens (primary N) is 2. The first kappa shape index (κ1) is 12.5. The van der Waals surface area contributed by atoms with E-state index in [1.807, 2.05) is 6.92 Å². The van der Waals surface area contributed by atoms with Crippen molar-refractivity contribution in [3.05, 3.63) is 0 Å². The third-order valence-electron chi connectivity index (χ3n) is 3.33. The summed E-state index contributed by atoms with van der Waals surface area (Å²) in [4.78, 5) is 13.6. The third kappa shape index (κ3) is 3.47. The van der Waals surface area contributed by atoms with E-state index in [-0.39, 0.29) is 11.3 Å². The Balaban J connectivity index is 2.22. The number of likely N-dealkylation sites (tertiary alicyclic amines) is 1. The third-order valence-corrected chi connectivity index (χ3v) is 3.33. The van der Waals surface area contributed by atoms with Gasteiger partial charge in [0.15, 0.2) is 0 Å². The summed E-state index contributed by atoms with van der Waals surface area (Å²) in [6.45, 7) is 5.64. The number of rotatable bonds is 6. The quantitative estimate of drug-likeness (QED) is 0.624. The van der Waals surface area contributed by atoms with Gasteiger partial charge in [-0.3, -0.25) is 4.79 Å². The molecule has 4 heteroatoms. The van der Waals surface area contributed by atoms with Gasteiger partial charge < -0.3 is 16.4 Å². The molecule has 0 saturated carbocycles. The molecule has 1 heterocycles. The maximum Gasteiger partial charge on any atom is 0.224 e. The van der Waals surface area contributed by atoms with Crippen molar-refractivity contribution in [1.82, 2.24) is 4.90 Å². The summed E-state index contributed by atoms with van der Waals surface area (Å²) < 4.78 is 0. The lowest BCUT2D eigenvalue weighted by Crippen LogP contribution is -2.37. The lowest BCUT2D eigenvalue weighted by molar-refractivity contribution is -0.126. The predicted molar refractivity (Wildman–Crippen MR) is 61.3 cm³/mol. The van der Waals surface area contributed by atoms with Crippen molar-refractivity contribution in [2.75, 3.05) is 26.2 Å². The van der Waals surface area contributed by atoms with Crippen molar-refractivity contribution in [1.29, 1.82) is 0 Å². The Labute approximate surface area is 92.0 Å². The van der Waals surface area contributed by atoms with Crippen LogP contribution in [-0.2, 0) is 4.79 Å². The van der Waals surface area contributed by atoms with Crippen LogP contribution in [0.4, 0.5) is 0 Å². The zero-order valence-electron chi connectivity index (χ0n) is 9.67. The Hall–Kier alpha value is -0.610. The molecule has 1 saturated heterocycles. The van der Waals surface area contributed by atoms with Gasteiger partial charge in [-0.15, -0.1) is 0 Å². The number of hydrogen-bond donors (Lipinski definition) is 2. The van der Waals surface area contributed by atoms with E-state index in [0.29, 0.717) is 0 Å². The van der Waals surface area contributed by atoms with Crippen LogP contribution in [0, 0.1) is 5.41 Å². The van der Waals surface area contributed by atoms with E-state index >= 15 is 0 Å². The van der Waals surface area contributed by atoms with Gasteiger partial charge in [-0.05, 0) is 45.8 Å². The molecule has 1 aliphatic heterocycles. The monoisotopic (exact) mass is 213 g/mol. The SMILES string of the molecule is CC1(C(N)=O)CCN(CCCCCN)C1. The minimum atomic E-state index is -0.298. The molecule has 1 unspecified atom stereocenters. The van der Waals surface area contributed by atoms with Gasteiger partial charge in [0.2, 0.25) is 5.91 Å². The minimum Gasteiger partial charge on any atom is -0.369 e. The zero-order chi connectivity index (χ0) is 11.3. The van der Waals surface area contributed by atoms with E-state index in [1.54, 1.807) is 0 Å². The highest BCUT2D eigenvalue weighted by Gasteiger charge is 2.38. The van der Waals surface area contributed by atoms with Gasteiger partial charge >= 0.3 is 0 Å². The maximum atomic E-state index is 11.2. The van der Waals surface area contributed by atoms with Gasteiger partial charge in [0.25, 0.3) is 0 Å². The van der Waals surface area contributed by atoms with Gasteiger partial charge in [-0.25, -0.2) is 0 Å². The molecule has 0 aromatic heterocycles. The van der Waals surface area contributed by atoms with Crippen LogP contribution in [0.1, 0.15) is 32.6 Å². The Bertz CT molecular complexity index is 220. The molecule has 1 rings (SSSR count). The molecular formula is C11H23N3O. The number of carbonyl (C=O) groups is 1. The Kier molecular flexibility index (Phi) is 4.54. The second-order valence-electron chi connectivity index (χ2n) is 4.80. The van der Waals surface area contributed by atoms with Crippen LogP contribution < -0.4 is 11.5 Å². The van der Waals surface area contributed by atoms with E-state index < -0.39 is 0 Å². The van der Waals surface area contributed by atoms with Gasteiger partial charge in [0.1, 0.15) is 0 Å². The fourth-order valence-corrected chi connectivity index (χ4v) is 2.11. The molecule has 15 heavy (non-hydrogen) atoms. The normalized spacial score (nSPS) is 27.1. The van der Waals surface area contributed by atoms with E-state index in [9.17, 15) is 4.79 Å². The van der Waals surface area contributed by atoms with Crippen molar-refractivity contribution in [2.45, 2.75) is 32.6 Å². The highest BCUT2D eigenvalue weighted by atomic mass is 16.1. The number of hydrogen-bond acceptors (Lipinski definition) is 3. The van der Waals surface area contributed by atoms with Crippen LogP contribution in [0.5, 0.6) is 0 Å². The zero-order valence-corrected chi connectivity index (χ0v) is 9.67. The fraction of sp³-hybridized carbons (Fsp3) is 0.909. The van der Waals surface area contributed by atoms with Crippen LogP contribution in [0.15, 0.2) is 0 Å². The molecule has 0 spiro atoms. The summed E-state index contributed by atoms with van der Waals surface area (Å²) in [5.74, 6) is -0.160. The Morgan fingerprint density at radius 1 is 1.40 bits per heavy atom. The Morgan fingerprint density at radius 2 is 2.13 bits per heavy atom. The summed E-state index contributed by atoms with van der Waals surface area (Å²) in [5.41, 5.74) is 10.5. The van der Waals surface area contributed by atoms with Crippen molar-refractivity contribution in [2.24, 2.45) is 16.9 Å². The molecule has 0 bridgehead atoms. The average molecular weight is 213 g/mol. The van der Waals surface area contributed by atoms with Gasteiger partial charge in [-0.2, -0.15) is 0 Å². The Morgan fingerprint density at radius 3 is 2.67 bits per heavy atom. The first-order valence-corrected chi connectivity index (χ1v) is 5.81. The predicted octanol–water partition coefficient (Wildman–Crippen LogP) is 0.313. The van der Waals surface area contributed by atoms with Gasteiger partial charge in [0, 0.05) is 6.54 Å². The highest BCUT2D eigenvalue weighted by molar-refractivity contribution is 5.81. The first-order valence-electron chi connectivity index (χ1n) is 5.81. The van der Waals surface area contributed by atoms with Gasteiger partial charge in [0.05, 0.1) is 5.41 Å². The molecule has 1 atom stereocenters. The lowest BCUT2D eigenvalue weighted by atomic mass is 9.89. The molecule has 0 aromatic rings. The van der Waals surface area contributed by atoms with Crippen LogP contribution in [0.25, 0.3) is 0 Å². The van der Waals surface area contributed by atoms with Crippen molar-refractivity contribution in [3.63, 3.8) is 0 Å². The molecule has 0 aromatic carbocycles. The summed E-state index contributed by atoms with van der Waals surface area (Å²) in [6.07, 6.45) is 4.35. The minimum absolute atomic E-state index is 0.160. The first-order chi connectivity index (χ1) is 7.08. The number of amides is 1. The largest absolute Gasteiger partial charge is 0.369 e. The molecule has 0 radical (unpaired) electrons. The van der Waals surface area contributed by atoms with Crippen LogP contribution in [-0.4, -0.2) is 37.0 Å². The summed E-state index contributed by atoms with van der Waals surface area (Å²) >= 11 is 0. The smallest absolute Gasteiger partial charge is 0.224 e. The molecule has 4 nitrogen and oxygen atoms in total. The number of nitrogens with zero attached hydrogens (tertiary/aromatic N) is 1. The maximum absolute atomic E-state index is 11.2. The van der Waals surface area contributed by atoms with Crippen LogP contribution in [0.3, 0.4) is 0 Å². The topological polar surface area (TPSA) is 72.4 Å². The van der Waals surface area contributed by atoms with E-state index in [0.717, 1.165) is 39.0 Å². The average Bonchev–Trinajstić information content (AvgIpc) is 2.57. The molecule has 4 N–H and O–H groups in total. The number of carbonyl (C=O) groups excluding carboxylic acids is 1. The summed E-state index contributed by atoms with van der Waals surface area (Å²) in [5, 5.41) is 0. The number of unbranched alkanes of at least 4 members (excludes halogenated alkanes) is 2. The summed E-state index contributed by atoms with van der Waals surface area (Å²) in [6, 6.07) is 0.